The standard InChI is InChI=1S/C14H22N2O3S/c17-12-14(13-8-4-3-5-9-13)15-20(18,19)16-10-6-1-2-7-11-16/h3-5,8-9,14-15,17H,1-2,6-7,10-12H2. The van der Waals surface area contributed by atoms with Crippen LogP contribution in [0.4, 0.5) is 0 Å². The number of aliphatic hydroxyl groups is 1. The summed E-state index contributed by atoms with van der Waals surface area (Å²) < 4.78 is 28.9. The van der Waals surface area contributed by atoms with Gasteiger partial charge in [0.25, 0.3) is 10.2 Å². The van der Waals surface area contributed by atoms with Gasteiger partial charge in [-0.1, -0.05) is 43.2 Å². The number of aliphatic hydroxyl groups excluding tert-OH is 1. The zero-order valence-corrected chi connectivity index (χ0v) is 12.3. The van der Waals surface area contributed by atoms with Crippen LogP contribution in [0.1, 0.15) is 37.3 Å². The van der Waals surface area contributed by atoms with E-state index in [9.17, 15) is 13.5 Å². The first-order chi connectivity index (χ1) is 9.63. The molecule has 1 unspecified atom stereocenters. The van der Waals surface area contributed by atoms with E-state index in [0.717, 1.165) is 31.2 Å². The summed E-state index contributed by atoms with van der Waals surface area (Å²) in [5.74, 6) is 0. The van der Waals surface area contributed by atoms with Crippen LogP contribution < -0.4 is 4.72 Å². The van der Waals surface area contributed by atoms with Crippen LogP contribution in [-0.2, 0) is 10.2 Å². The van der Waals surface area contributed by atoms with Gasteiger partial charge in [0.15, 0.2) is 0 Å². The molecule has 0 bridgehead atoms. The summed E-state index contributed by atoms with van der Waals surface area (Å²) in [7, 11) is -3.54. The Hall–Kier alpha value is -0.950. The van der Waals surface area contributed by atoms with E-state index in [1.165, 1.54) is 4.31 Å². The van der Waals surface area contributed by atoms with Crippen LogP contribution in [0.15, 0.2) is 30.3 Å². The molecule has 1 aliphatic rings. The number of rotatable bonds is 5. The molecule has 0 saturated carbocycles. The molecule has 0 aliphatic carbocycles. The van der Waals surface area contributed by atoms with E-state index in [2.05, 4.69) is 4.72 Å². The Balaban J connectivity index is 2.09. The number of nitrogens with zero attached hydrogens (tertiary/aromatic N) is 1. The van der Waals surface area contributed by atoms with Crippen molar-refractivity contribution in [2.45, 2.75) is 31.7 Å². The van der Waals surface area contributed by atoms with E-state index in [1.54, 1.807) is 0 Å². The van der Waals surface area contributed by atoms with Crippen LogP contribution >= 0.6 is 0 Å². The topological polar surface area (TPSA) is 69.6 Å². The van der Waals surface area contributed by atoms with E-state index in [1.807, 2.05) is 30.3 Å². The second-order valence-corrected chi connectivity index (χ2v) is 6.78. The summed E-state index contributed by atoms with van der Waals surface area (Å²) in [6, 6.07) is 8.56. The maximum atomic E-state index is 12.4. The third kappa shape index (κ3) is 4.02. The molecule has 1 fully saturated rings. The fourth-order valence-corrected chi connectivity index (χ4v) is 3.89. The second kappa shape index (κ2) is 7.17. The molecule has 6 heteroatoms. The van der Waals surface area contributed by atoms with Crippen LogP contribution in [-0.4, -0.2) is 37.5 Å². The van der Waals surface area contributed by atoms with Crippen molar-refractivity contribution in [1.82, 2.24) is 9.03 Å². The monoisotopic (exact) mass is 298 g/mol. The summed E-state index contributed by atoms with van der Waals surface area (Å²) in [6.07, 6.45) is 3.95. The lowest BCUT2D eigenvalue weighted by atomic mass is 10.1. The van der Waals surface area contributed by atoms with E-state index in [0.29, 0.717) is 13.1 Å². The van der Waals surface area contributed by atoms with Crippen molar-refractivity contribution in [3.05, 3.63) is 35.9 Å². The van der Waals surface area contributed by atoms with Gasteiger partial charge in [0, 0.05) is 13.1 Å². The molecule has 2 rings (SSSR count). The average molecular weight is 298 g/mol. The minimum absolute atomic E-state index is 0.253. The molecule has 0 aromatic heterocycles. The predicted molar refractivity (Wildman–Crippen MR) is 78.4 cm³/mol. The first-order valence-electron chi connectivity index (χ1n) is 7.06. The van der Waals surface area contributed by atoms with Gasteiger partial charge in [-0.15, -0.1) is 0 Å². The minimum atomic E-state index is -3.54. The van der Waals surface area contributed by atoms with Gasteiger partial charge in [-0.3, -0.25) is 0 Å². The zero-order chi connectivity index (χ0) is 14.4. The highest BCUT2D eigenvalue weighted by Gasteiger charge is 2.26. The molecular formula is C14H22N2O3S. The Morgan fingerprint density at radius 2 is 1.70 bits per heavy atom. The molecule has 1 saturated heterocycles. The molecule has 1 aliphatic heterocycles. The van der Waals surface area contributed by atoms with Crippen LogP contribution in [0.25, 0.3) is 0 Å². The first kappa shape index (κ1) is 15.4. The van der Waals surface area contributed by atoms with Crippen molar-refractivity contribution >= 4 is 10.2 Å². The zero-order valence-electron chi connectivity index (χ0n) is 11.5. The van der Waals surface area contributed by atoms with Crippen LogP contribution in [0.5, 0.6) is 0 Å². The fourth-order valence-electron chi connectivity index (χ4n) is 2.43. The summed E-state index contributed by atoms with van der Waals surface area (Å²) in [5.41, 5.74) is 0.772. The van der Waals surface area contributed by atoms with Crippen LogP contribution in [0, 0.1) is 0 Å². The molecule has 0 spiro atoms. The average Bonchev–Trinajstić information content (AvgIpc) is 2.75. The van der Waals surface area contributed by atoms with Crippen molar-refractivity contribution in [2.75, 3.05) is 19.7 Å². The third-order valence-corrected chi connectivity index (χ3v) is 5.21. The largest absolute Gasteiger partial charge is 0.394 e. The molecule has 20 heavy (non-hydrogen) atoms. The van der Waals surface area contributed by atoms with E-state index in [4.69, 9.17) is 0 Å². The highest BCUT2D eigenvalue weighted by atomic mass is 32.2. The van der Waals surface area contributed by atoms with Crippen LogP contribution in [0.2, 0.25) is 0 Å². The predicted octanol–water partition coefficient (Wildman–Crippen LogP) is 1.43. The van der Waals surface area contributed by atoms with Crippen molar-refractivity contribution in [2.24, 2.45) is 0 Å². The molecular weight excluding hydrogens is 276 g/mol. The number of benzene rings is 1. The molecule has 0 amide bonds. The van der Waals surface area contributed by atoms with Gasteiger partial charge in [-0.25, -0.2) is 0 Å². The number of hydrogen-bond donors (Lipinski definition) is 2. The van der Waals surface area contributed by atoms with Crippen LogP contribution in [0.3, 0.4) is 0 Å². The van der Waals surface area contributed by atoms with Crippen molar-refractivity contribution in [3.63, 3.8) is 0 Å². The molecule has 5 nitrogen and oxygen atoms in total. The summed E-state index contributed by atoms with van der Waals surface area (Å²) in [4.78, 5) is 0. The van der Waals surface area contributed by atoms with E-state index in [-0.39, 0.29) is 6.61 Å². The summed E-state index contributed by atoms with van der Waals surface area (Å²) >= 11 is 0. The maximum absolute atomic E-state index is 12.4. The Labute approximate surface area is 120 Å². The van der Waals surface area contributed by atoms with Gasteiger partial charge in [0.1, 0.15) is 0 Å². The van der Waals surface area contributed by atoms with Gasteiger partial charge >= 0.3 is 0 Å². The smallest absolute Gasteiger partial charge is 0.280 e. The number of nitrogens with one attached hydrogen (secondary N) is 1. The molecule has 0 radical (unpaired) electrons. The lowest BCUT2D eigenvalue weighted by molar-refractivity contribution is 0.256. The molecule has 1 heterocycles. The lowest BCUT2D eigenvalue weighted by Gasteiger charge is -2.24. The fraction of sp³-hybridized carbons (Fsp3) is 0.571. The summed E-state index contributed by atoms with van der Waals surface area (Å²) in [6.45, 7) is 0.863. The Morgan fingerprint density at radius 3 is 2.25 bits per heavy atom. The third-order valence-electron chi connectivity index (χ3n) is 3.58. The maximum Gasteiger partial charge on any atom is 0.280 e. The number of hydrogen-bond acceptors (Lipinski definition) is 3. The lowest BCUT2D eigenvalue weighted by Crippen LogP contribution is -2.43. The molecule has 2 N–H and O–H groups in total. The SMILES string of the molecule is O=S(=O)(NC(CO)c1ccccc1)N1CCCCCC1. The Bertz CT molecular complexity index is 496. The first-order valence-corrected chi connectivity index (χ1v) is 8.51. The molecule has 1 aromatic carbocycles. The van der Waals surface area contributed by atoms with Gasteiger partial charge in [0.05, 0.1) is 12.6 Å². The quantitative estimate of drug-likeness (QED) is 0.864. The van der Waals surface area contributed by atoms with E-state index < -0.39 is 16.3 Å². The summed E-state index contributed by atoms with van der Waals surface area (Å²) in [5, 5.41) is 9.45. The Morgan fingerprint density at radius 1 is 1.10 bits per heavy atom. The van der Waals surface area contributed by atoms with E-state index >= 15 is 0 Å². The minimum Gasteiger partial charge on any atom is -0.394 e. The molecule has 112 valence electrons. The van der Waals surface area contributed by atoms with Crippen molar-refractivity contribution < 1.29 is 13.5 Å². The second-order valence-electron chi connectivity index (χ2n) is 5.08. The van der Waals surface area contributed by atoms with Gasteiger partial charge in [-0.2, -0.15) is 17.4 Å². The normalized spacial score (nSPS) is 19.4. The molecule has 1 atom stereocenters. The Kier molecular flexibility index (Phi) is 5.54. The van der Waals surface area contributed by atoms with Gasteiger partial charge in [0.2, 0.25) is 0 Å². The van der Waals surface area contributed by atoms with Gasteiger partial charge < -0.3 is 5.11 Å². The van der Waals surface area contributed by atoms with Gasteiger partial charge in [-0.05, 0) is 18.4 Å². The van der Waals surface area contributed by atoms with Crippen molar-refractivity contribution in [1.29, 1.82) is 0 Å². The molecule has 1 aromatic rings. The highest BCUT2D eigenvalue weighted by Crippen LogP contribution is 2.17. The highest BCUT2D eigenvalue weighted by molar-refractivity contribution is 7.87. The van der Waals surface area contributed by atoms with Crippen molar-refractivity contribution in [3.8, 4) is 0 Å².